The van der Waals surface area contributed by atoms with Gasteiger partial charge in [-0.15, -0.1) is 0 Å². The lowest BCUT2D eigenvalue weighted by Crippen LogP contribution is -2.51. The number of piperazine rings is 1. The molecule has 4 heteroatoms. The zero-order valence-corrected chi connectivity index (χ0v) is 14.8. The van der Waals surface area contributed by atoms with E-state index in [1.807, 2.05) is 0 Å². The summed E-state index contributed by atoms with van der Waals surface area (Å²) in [6.07, 6.45) is 2.25. The molecule has 1 fully saturated rings. The minimum Gasteiger partial charge on any atom is -0.326 e. The van der Waals surface area contributed by atoms with Crippen LogP contribution in [0, 0.1) is 0 Å². The molecular formula is C17H28BrN3. The van der Waals surface area contributed by atoms with Crippen molar-refractivity contribution in [1.29, 1.82) is 0 Å². The van der Waals surface area contributed by atoms with Gasteiger partial charge in [0.15, 0.2) is 0 Å². The van der Waals surface area contributed by atoms with E-state index in [4.69, 9.17) is 5.73 Å². The first kappa shape index (κ1) is 16.9. The van der Waals surface area contributed by atoms with Crippen molar-refractivity contribution in [2.75, 3.05) is 32.7 Å². The fourth-order valence-electron chi connectivity index (χ4n) is 3.22. The Kier molecular flexibility index (Phi) is 6.68. The van der Waals surface area contributed by atoms with Crippen molar-refractivity contribution in [3.8, 4) is 0 Å². The number of nitrogens with two attached hydrogens (primary N) is 1. The third kappa shape index (κ3) is 4.52. The van der Waals surface area contributed by atoms with Gasteiger partial charge >= 0.3 is 0 Å². The van der Waals surface area contributed by atoms with Crippen LogP contribution in [0.3, 0.4) is 0 Å². The molecule has 2 rings (SSSR count). The average Bonchev–Trinajstić information content (AvgIpc) is 2.49. The van der Waals surface area contributed by atoms with E-state index in [0.29, 0.717) is 6.04 Å². The molecule has 3 nitrogen and oxygen atoms in total. The molecule has 2 unspecified atom stereocenters. The topological polar surface area (TPSA) is 32.5 Å². The zero-order chi connectivity index (χ0) is 15.2. The highest BCUT2D eigenvalue weighted by Crippen LogP contribution is 2.28. The van der Waals surface area contributed by atoms with E-state index < -0.39 is 0 Å². The van der Waals surface area contributed by atoms with Crippen LogP contribution in [-0.4, -0.2) is 48.6 Å². The van der Waals surface area contributed by atoms with Crippen LogP contribution >= 0.6 is 15.9 Å². The van der Waals surface area contributed by atoms with Gasteiger partial charge in [0.05, 0.1) is 6.04 Å². The lowest BCUT2D eigenvalue weighted by Gasteiger charge is -2.41. The van der Waals surface area contributed by atoms with Crippen LogP contribution < -0.4 is 5.73 Å². The molecule has 1 saturated heterocycles. The Morgan fingerprint density at radius 3 is 2.48 bits per heavy atom. The molecule has 0 radical (unpaired) electrons. The number of nitrogens with zero attached hydrogens (tertiary/aromatic N) is 2. The van der Waals surface area contributed by atoms with Crippen LogP contribution in [0.4, 0.5) is 0 Å². The molecular weight excluding hydrogens is 326 g/mol. The highest BCUT2D eigenvalue weighted by atomic mass is 79.9. The summed E-state index contributed by atoms with van der Waals surface area (Å²) in [5.74, 6) is 0. The van der Waals surface area contributed by atoms with Crippen LogP contribution in [0.1, 0.15) is 38.3 Å². The van der Waals surface area contributed by atoms with E-state index in [1.54, 1.807) is 0 Å². The maximum Gasteiger partial charge on any atom is 0.0500 e. The van der Waals surface area contributed by atoms with E-state index in [2.05, 4.69) is 63.8 Å². The molecule has 0 aliphatic carbocycles. The monoisotopic (exact) mass is 353 g/mol. The van der Waals surface area contributed by atoms with Gasteiger partial charge in [-0.3, -0.25) is 4.90 Å². The molecule has 1 aliphatic rings. The van der Waals surface area contributed by atoms with Crippen LogP contribution in [0.5, 0.6) is 0 Å². The van der Waals surface area contributed by atoms with Gasteiger partial charge in [0, 0.05) is 36.7 Å². The van der Waals surface area contributed by atoms with Crippen molar-refractivity contribution in [3.05, 3.63) is 34.3 Å². The summed E-state index contributed by atoms with van der Waals surface area (Å²) in [4.78, 5) is 5.13. The molecule has 1 aromatic rings. The van der Waals surface area contributed by atoms with Crippen LogP contribution in [0.25, 0.3) is 0 Å². The van der Waals surface area contributed by atoms with Crippen molar-refractivity contribution in [3.63, 3.8) is 0 Å². The summed E-state index contributed by atoms with van der Waals surface area (Å²) in [5, 5.41) is 0. The molecule has 2 atom stereocenters. The predicted octanol–water partition coefficient (Wildman–Crippen LogP) is 3.26. The predicted molar refractivity (Wildman–Crippen MR) is 93.5 cm³/mol. The van der Waals surface area contributed by atoms with E-state index in [0.717, 1.165) is 37.1 Å². The molecule has 2 N–H and O–H groups in total. The van der Waals surface area contributed by atoms with Gasteiger partial charge < -0.3 is 10.6 Å². The SMILES string of the molecule is CCCN1CCN(C(c2cccc(Br)c2)C(N)CC)CC1. The summed E-state index contributed by atoms with van der Waals surface area (Å²) < 4.78 is 1.14. The number of benzene rings is 1. The normalized spacial score (nSPS) is 20.4. The largest absolute Gasteiger partial charge is 0.326 e. The van der Waals surface area contributed by atoms with Gasteiger partial charge in [0.2, 0.25) is 0 Å². The standard InChI is InChI=1S/C17H28BrN3/c1-3-8-20-9-11-21(12-10-20)17(16(19)4-2)14-6-5-7-15(18)13-14/h5-7,13,16-17H,3-4,8-12,19H2,1-2H3. The van der Waals surface area contributed by atoms with Crippen LogP contribution in [0.15, 0.2) is 28.7 Å². The number of rotatable bonds is 6. The second kappa shape index (κ2) is 8.28. The summed E-state index contributed by atoms with van der Waals surface area (Å²) in [5.41, 5.74) is 7.79. The summed E-state index contributed by atoms with van der Waals surface area (Å²) in [7, 11) is 0. The third-order valence-corrected chi connectivity index (χ3v) is 4.90. The van der Waals surface area contributed by atoms with Gasteiger partial charge in [-0.1, -0.05) is 41.9 Å². The Bertz CT molecular complexity index is 430. The van der Waals surface area contributed by atoms with E-state index in [-0.39, 0.29) is 6.04 Å². The van der Waals surface area contributed by atoms with Gasteiger partial charge in [-0.2, -0.15) is 0 Å². The fourth-order valence-corrected chi connectivity index (χ4v) is 3.64. The number of hydrogen-bond acceptors (Lipinski definition) is 3. The highest BCUT2D eigenvalue weighted by Gasteiger charge is 2.28. The molecule has 0 spiro atoms. The van der Waals surface area contributed by atoms with E-state index in [9.17, 15) is 0 Å². The molecule has 0 saturated carbocycles. The van der Waals surface area contributed by atoms with E-state index in [1.165, 1.54) is 18.5 Å². The van der Waals surface area contributed by atoms with E-state index >= 15 is 0 Å². The zero-order valence-electron chi connectivity index (χ0n) is 13.3. The lowest BCUT2D eigenvalue weighted by molar-refractivity contribution is 0.0836. The summed E-state index contributed by atoms with van der Waals surface area (Å²) >= 11 is 3.59. The Balaban J connectivity index is 2.11. The minimum atomic E-state index is 0.192. The van der Waals surface area contributed by atoms with Gasteiger partial charge in [-0.05, 0) is 37.1 Å². The molecule has 0 amide bonds. The Morgan fingerprint density at radius 2 is 1.90 bits per heavy atom. The summed E-state index contributed by atoms with van der Waals surface area (Å²) in [6.45, 7) is 10.2. The first-order valence-electron chi connectivity index (χ1n) is 8.13. The molecule has 1 heterocycles. The van der Waals surface area contributed by atoms with Gasteiger partial charge in [-0.25, -0.2) is 0 Å². The third-order valence-electron chi connectivity index (χ3n) is 4.41. The maximum absolute atomic E-state index is 6.45. The maximum atomic E-state index is 6.45. The minimum absolute atomic E-state index is 0.192. The van der Waals surface area contributed by atoms with Crippen LogP contribution in [0.2, 0.25) is 0 Å². The van der Waals surface area contributed by atoms with Crippen molar-refractivity contribution in [2.45, 2.75) is 38.8 Å². The second-order valence-corrected chi connectivity index (χ2v) is 6.87. The first-order chi connectivity index (χ1) is 10.2. The smallest absolute Gasteiger partial charge is 0.0500 e. The Hall–Kier alpha value is -0.420. The quantitative estimate of drug-likeness (QED) is 0.851. The first-order valence-corrected chi connectivity index (χ1v) is 8.92. The van der Waals surface area contributed by atoms with Crippen molar-refractivity contribution >= 4 is 15.9 Å². The molecule has 1 aliphatic heterocycles. The van der Waals surface area contributed by atoms with Gasteiger partial charge in [0.25, 0.3) is 0 Å². The van der Waals surface area contributed by atoms with Crippen molar-refractivity contribution in [2.24, 2.45) is 5.73 Å². The number of halogens is 1. The Morgan fingerprint density at radius 1 is 1.19 bits per heavy atom. The van der Waals surface area contributed by atoms with Crippen molar-refractivity contribution in [1.82, 2.24) is 9.80 Å². The van der Waals surface area contributed by atoms with Gasteiger partial charge in [0.1, 0.15) is 0 Å². The average molecular weight is 354 g/mol. The second-order valence-electron chi connectivity index (χ2n) is 5.95. The van der Waals surface area contributed by atoms with Crippen LogP contribution in [-0.2, 0) is 0 Å². The highest BCUT2D eigenvalue weighted by molar-refractivity contribution is 9.10. The molecule has 1 aromatic carbocycles. The number of hydrogen-bond donors (Lipinski definition) is 1. The summed E-state index contributed by atoms with van der Waals surface area (Å²) in [6, 6.07) is 9.15. The fraction of sp³-hybridized carbons (Fsp3) is 0.647. The molecule has 21 heavy (non-hydrogen) atoms. The Labute approximate surface area is 137 Å². The lowest BCUT2D eigenvalue weighted by atomic mass is 9.95. The molecule has 0 aromatic heterocycles. The molecule has 0 bridgehead atoms. The molecule has 118 valence electrons. The van der Waals surface area contributed by atoms with Crippen molar-refractivity contribution < 1.29 is 0 Å².